The molecule has 3 aliphatic heterocycles. The molecule has 1 saturated heterocycles. The van der Waals surface area contributed by atoms with Crippen LogP contribution in [0.15, 0.2) is 45.6 Å². The maximum Gasteiger partial charge on any atom is 0.338 e. The minimum atomic E-state index is -0.573. The Labute approximate surface area is 204 Å². The van der Waals surface area contributed by atoms with Gasteiger partial charge in [0, 0.05) is 24.4 Å². The van der Waals surface area contributed by atoms with E-state index in [1.54, 1.807) is 14.2 Å². The van der Waals surface area contributed by atoms with E-state index in [4.69, 9.17) is 19.2 Å². The topological polar surface area (TPSA) is 80.7 Å². The van der Waals surface area contributed by atoms with Gasteiger partial charge in [-0.25, -0.2) is 9.79 Å². The largest absolute Gasteiger partial charge is 0.493 e. The highest BCUT2D eigenvalue weighted by atomic mass is 32.2. The molecule has 0 aliphatic carbocycles. The lowest BCUT2D eigenvalue weighted by Gasteiger charge is -2.37. The minimum Gasteiger partial charge on any atom is -0.493 e. The molecule has 1 aromatic rings. The van der Waals surface area contributed by atoms with E-state index in [1.807, 2.05) is 54.2 Å². The maximum absolute atomic E-state index is 13.3. The molecule has 3 heterocycles. The highest BCUT2D eigenvalue weighted by Gasteiger charge is 2.43. The number of amidine groups is 1. The van der Waals surface area contributed by atoms with Gasteiger partial charge in [-0.15, -0.1) is 0 Å². The number of hydrogen-bond acceptors (Lipinski definition) is 8. The summed E-state index contributed by atoms with van der Waals surface area (Å²) in [5, 5.41) is 2.67. The Hall–Kier alpha value is -2.94. The van der Waals surface area contributed by atoms with Crippen molar-refractivity contribution < 1.29 is 23.8 Å². The van der Waals surface area contributed by atoms with Gasteiger partial charge in [0.1, 0.15) is 0 Å². The Bertz CT molecular complexity index is 1070. The first-order valence-corrected chi connectivity index (χ1v) is 12.4. The number of carbonyl (C=O) groups excluding carboxylic acids is 2. The number of aliphatic imine (C=N–C) groups is 1. The number of thioether (sulfide) groups is 1. The third-order valence-corrected chi connectivity index (χ3v) is 6.97. The van der Waals surface area contributed by atoms with Crippen LogP contribution >= 0.6 is 11.8 Å². The average molecular weight is 486 g/mol. The predicted molar refractivity (Wildman–Crippen MR) is 132 cm³/mol. The number of benzene rings is 1. The Morgan fingerprint density at radius 3 is 2.56 bits per heavy atom. The van der Waals surface area contributed by atoms with Crippen LogP contribution in [0.25, 0.3) is 0 Å². The predicted octanol–water partition coefficient (Wildman–Crippen LogP) is 4.24. The summed E-state index contributed by atoms with van der Waals surface area (Å²) in [5.74, 6) is 0.733. The van der Waals surface area contributed by atoms with Gasteiger partial charge < -0.3 is 24.0 Å². The molecular weight excluding hydrogens is 454 g/mol. The summed E-state index contributed by atoms with van der Waals surface area (Å²) in [6, 6.07) is 5.02. The van der Waals surface area contributed by atoms with Gasteiger partial charge in [-0.1, -0.05) is 23.9 Å². The van der Waals surface area contributed by atoms with E-state index in [0.29, 0.717) is 22.8 Å². The van der Waals surface area contributed by atoms with Crippen LogP contribution in [0.3, 0.4) is 0 Å². The average Bonchev–Trinajstić information content (AvgIpc) is 3.47. The van der Waals surface area contributed by atoms with Gasteiger partial charge in [-0.05, 0) is 45.1 Å². The van der Waals surface area contributed by atoms with E-state index in [2.05, 4.69) is 0 Å². The number of methoxy groups -OCH3 is 2. The van der Waals surface area contributed by atoms with E-state index < -0.39 is 12.0 Å². The second kappa shape index (κ2) is 10.1. The highest BCUT2D eigenvalue weighted by molar-refractivity contribution is 8.16. The summed E-state index contributed by atoms with van der Waals surface area (Å²) < 4.78 is 16.9. The smallest absolute Gasteiger partial charge is 0.338 e. The number of esters is 1. The molecule has 0 aromatic heterocycles. The Kier molecular flexibility index (Phi) is 7.21. The number of carbonyl (C=O) groups is 2. The Morgan fingerprint density at radius 1 is 1.18 bits per heavy atom. The quantitative estimate of drug-likeness (QED) is 0.534. The number of rotatable bonds is 7. The van der Waals surface area contributed by atoms with Crippen molar-refractivity contribution in [1.29, 1.82) is 0 Å². The molecule has 3 aliphatic rings. The fourth-order valence-corrected chi connectivity index (χ4v) is 5.53. The molecular formula is C25H31N3O5S. The third-order valence-electron chi connectivity index (χ3n) is 6.08. The van der Waals surface area contributed by atoms with Crippen LogP contribution in [-0.4, -0.2) is 60.3 Å². The minimum absolute atomic E-state index is 0.0829. The van der Waals surface area contributed by atoms with Gasteiger partial charge in [-0.2, -0.15) is 0 Å². The molecule has 0 spiro atoms. The lowest BCUT2D eigenvalue weighted by atomic mass is 9.92. The van der Waals surface area contributed by atoms with Crippen LogP contribution < -0.4 is 9.47 Å². The van der Waals surface area contributed by atoms with Crippen molar-refractivity contribution in [1.82, 2.24) is 9.80 Å². The maximum atomic E-state index is 13.3. The SMILES string of the molecule is COc1cccc([C@H]2C(C(=O)OC(C)C)=C(C)N=C3SC=C(CC(=O)N4CCCC4)N32)c1OC. The molecule has 9 heteroatoms. The lowest BCUT2D eigenvalue weighted by Crippen LogP contribution is -2.39. The van der Waals surface area contributed by atoms with Gasteiger partial charge in [0.05, 0.1) is 44.1 Å². The number of amides is 1. The number of likely N-dealkylation sites (tertiary alicyclic amines) is 1. The zero-order valence-electron chi connectivity index (χ0n) is 20.3. The molecule has 8 nitrogen and oxygen atoms in total. The van der Waals surface area contributed by atoms with Crippen LogP contribution in [0.5, 0.6) is 11.5 Å². The van der Waals surface area contributed by atoms with Gasteiger partial charge in [0.15, 0.2) is 16.7 Å². The third kappa shape index (κ3) is 4.53. The van der Waals surface area contributed by atoms with Crippen LogP contribution in [-0.2, 0) is 14.3 Å². The van der Waals surface area contributed by atoms with Crippen LogP contribution in [0.2, 0.25) is 0 Å². The van der Waals surface area contributed by atoms with Crippen molar-refractivity contribution in [2.45, 2.75) is 52.2 Å². The second-order valence-corrected chi connectivity index (χ2v) is 9.53. The molecule has 1 amide bonds. The van der Waals surface area contributed by atoms with Crippen LogP contribution in [0.4, 0.5) is 0 Å². The summed E-state index contributed by atoms with van der Waals surface area (Å²) in [6.07, 6.45) is 2.02. The van der Waals surface area contributed by atoms with Gasteiger partial charge in [0.2, 0.25) is 5.91 Å². The molecule has 1 atom stereocenters. The molecule has 4 rings (SSSR count). The van der Waals surface area contributed by atoms with Crippen LogP contribution in [0, 0.1) is 0 Å². The van der Waals surface area contributed by atoms with Crippen molar-refractivity contribution in [3.05, 3.63) is 46.1 Å². The molecule has 0 unspecified atom stereocenters. The van der Waals surface area contributed by atoms with Gasteiger partial charge in [0.25, 0.3) is 0 Å². The molecule has 1 aromatic carbocycles. The summed E-state index contributed by atoms with van der Waals surface area (Å²) >= 11 is 1.46. The number of nitrogens with zero attached hydrogens (tertiary/aromatic N) is 3. The summed E-state index contributed by atoms with van der Waals surface area (Å²) in [6.45, 7) is 7.03. The Balaban J connectivity index is 1.80. The van der Waals surface area contributed by atoms with Crippen molar-refractivity contribution in [2.24, 2.45) is 4.99 Å². The Morgan fingerprint density at radius 2 is 1.91 bits per heavy atom. The molecule has 1 fully saturated rings. The van der Waals surface area contributed by atoms with E-state index >= 15 is 0 Å². The van der Waals surface area contributed by atoms with Crippen molar-refractivity contribution in [3.8, 4) is 11.5 Å². The van der Waals surface area contributed by atoms with Crippen LogP contribution in [0.1, 0.15) is 51.6 Å². The first kappa shape index (κ1) is 24.2. The number of fused-ring (bicyclic) bond motifs is 1. The summed E-state index contributed by atoms with van der Waals surface area (Å²) in [5.41, 5.74) is 2.55. The van der Waals surface area contributed by atoms with Crippen molar-refractivity contribution in [2.75, 3.05) is 27.3 Å². The summed E-state index contributed by atoms with van der Waals surface area (Å²) in [4.78, 5) is 35.0. The number of para-hydroxylation sites is 1. The zero-order valence-corrected chi connectivity index (χ0v) is 21.1. The first-order valence-electron chi connectivity index (χ1n) is 11.5. The summed E-state index contributed by atoms with van der Waals surface area (Å²) in [7, 11) is 3.16. The van der Waals surface area contributed by atoms with E-state index in [0.717, 1.165) is 42.4 Å². The van der Waals surface area contributed by atoms with E-state index in [9.17, 15) is 9.59 Å². The molecule has 0 N–H and O–H groups in total. The van der Waals surface area contributed by atoms with E-state index in [-0.39, 0.29) is 18.4 Å². The molecule has 182 valence electrons. The molecule has 0 radical (unpaired) electrons. The lowest BCUT2D eigenvalue weighted by molar-refractivity contribution is -0.143. The first-order chi connectivity index (χ1) is 16.3. The highest BCUT2D eigenvalue weighted by Crippen LogP contribution is 2.48. The van der Waals surface area contributed by atoms with Crippen molar-refractivity contribution in [3.63, 3.8) is 0 Å². The van der Waals surface area contributed by atoms with Gasteiger partial charge >= 0.3 is 5.97 Å². The van der Waals surface area contributed by atoms with E-state index in [1.165, 1.54) is 11.8 Å². The molecule has 0 bridgehead atoms. The van der Waals surface area contributed by atoms with Crippen molar-refractivity contribution >= 4 is 28.8 Å². The number of allylic oxidation sites excluding steroid dienone is 1. The zero-order chi connectivity index (χ0) is 24.4. The molecule has 0 saturated carbocycles. The van der Waals surface area contributed by atoms with Gasteiger partial charge in [-0.3, -0.25) is 4.79 Å². The second-order valence-electron chi connectivity index (χ2n) is 8.69. The molecule has 34 heavy (non-hydrogen) atoms. The number of hydrogen-bond donors (Lipinski definition) is 0. The normalized spacial score (nSPS) is 19.8. The fraction of sp³-hybridized carbons (Fsp3) is 0.480. The number of ether oxygens (including phenoxy) is 3. The standard InChI is InChI=1S/C25H31N3O5S/c1-15(2)33-24(30)21-16(3)26-25-28(17(14-34-25)13-20(29)27-11-6-7-12-27)22(21)18-9-8-10-19(31-4)23(18)32-5/h8-10,14-15,22H,6-7,11-13H2,1-5H3/t22-/m0/s1. The monoisotopic (exact) mass is 485 g/mol. The fourth-order valence-electron chi connectivity index (χ4n) is 4.56.